The van der Waals surface area contributed by atoms with E-state index in [1.165, 1.54) is 0 Å². The predicted octanol–water partition coefficient (Wildman–Crippen LogP) is 1.23. The van der Waals surface area contributed by atoms with E-state index in [9.17, 15) is 10.0 Å². The van der Waals surface area contributed by atoms with Gasteiger partial charge in [0.2, 0.25) is 0 Å². The molecule has 0 atom stereocenters. The molecule has 3 saturated carbocycles. The first-order valence-corrected chi connectivity index (χ1v) is 6.34. The minimum Gasteiger partial charge on any atom is -0.427 e. The van der Waals surface area contributed by atoms with Crippen molar-refractivity contribution in [3.8, 4) is 0 Å². The fourth-order valence-electron chi connectivity index (χ4n) is 3.57. The van der Waals surface area contributed by atoms with Gasteiger partial charge in [0.05, 0.1) is 11.2 Å². The highest BCUT2D eigenvalue weighted by atomic mass is 16.7. The van der Waals surface area contributed by atoms with Crippen molar-refractivity contribution in [1.29, 1.82) is 0 Å². The van der Waals surface area contributed by atoms with E-state index >= 15 is 0 Å². The van der Waals surface area contributed by atoms with Crippen LogP contribution in [0.1, 0.15) is 47.0 Å². The summed E-state index contributed by atoms with van der Waals surface area (Å²) in [7, 11) is -1.38. The van der Waals surface area contributed by atoms with Crippen LogP contribution in [0.25, 0.3) is 0 Å². The van der Waals surface area contributed by atoms with Gasteiger partial charge >= 0.3 is 14.2 Å². The third kappa shape index (κ3) is 1.30. The molecular weight excluding hydrogens is 218 g/mol. The third-order valence-corrected chi connectivity index (χ3v) is 5.41. The van der Waals surface area contributed by atoms with Gasteiger partial charge in [-0.3, -0.25) is 0 Å². The van der Waals surface area contributed by atoms with E-state index in [0.717, 1.165) is 19.3 Å². The zero-order valence-corrected chi connectivity index (χ0v) is 11.0. The van der Waals surface area contributed by atoms with Gasteiger partial charge in [0.15, 0.2) is 0 Å². The van der Waals surface area contributed by atoms with Crippen LogP contribution >= 0.6 is 0 Å². The first kappa shape index (κ1) is 12.0. The Morgan fingerprint density at radius 2 is 1.35 bits per heavy atom. The molecule has 0 aromatic carbocycles. The molecule has 1 saturated heterocycles. The molecule has 4 fully saturated rings. The Labute approximate surface area is 103 Å². The van der Waals surface area contributed by atoms with Crippen LogP contribution in [0.2, 0.25) is 10.6 Å². The zero-order valence-electron chi connectivity index (χ0n) is 11.0. The van der Waals surface area contributed by atoms with E-state index in [-0.39, 0.29) is 28.9 Å². The second-order valence-electron chi connectivity index (χ2n) is 7.22. The summed E-state index contributed by atoms with van der Waals surface area (Å²) in [5.41, 5.74) is -0.587. The molecule has 2 N–H and O–H groups in total. The maximum atomic E-state index is 9.31. The zero-order chi connectivity index (χ0) is 12.7. The van der Waals surface area contributed by atoms with E-state index in [1.54, 1.807) is 0 Å². The second-order valence-corrected chi connectivity index (χ2v) is 7.22. The summed E-state index contributed by atoms with van der Waals surface area (Å²) in [5, 5.41) is 18.4. The van der Waals surface area contributed by atoms with Crippen molar-refractivity contribution < 1.29 is 19.4 Å². The lowest BCUT2D eigenvalue weighted by atomic mass is 9.16. The topological polar surface area (TPSA) is 58.9 Å². The quantitative estimate of drug-likeness (QED) is 0.710. The summed E-state index contributed by atoms with van der Waals surface area (Å²) in [6.07, 6.45) is 2.44. The Bertz CT molecular complexity index is 331. The molecule has 4 aliphatic rings. The van der Waals surface area contributed by atoms with E-state index in [2.05, 4.69) is 27.7 Å². The van der Waals surface area contributed by atoms with Gasteiger partial charge in [0.25, 0.3) is 0 Å². The van der Waals surface area contributed by atoms with Gasteiger partial charge in [-0.25, -0.2) is 0 Å². The average Bonchev–Trinajstić information content (AvgIpc) is 2.13. The largest absolute Gasteiger partial charge is 0.464 e. The van der Waals surface area contributed by atoms with Crippen molar-refractivity contribution >= 4 is 14.2 Å². The fourth-order valence-corrected chi connectivity index (χ4v) is 3.57. The van der Waals surface area contributed by atoms with Gasteiger partial charge in [-0.1, -0.05) is 0 Å². The van der Waals surface area contributed by atoms with E-state index in [4.69, 9.17) is 9.31 Å². The summed E-state index contributed by atoms with van der Waals surface area (Å²) in [4.78, 5) is 0. The summed E-state index contributed by atoms with van der Waals surface area (Å²) in [6, 6.07) is 0. The Morgan fingerprint density at radius 3 is 1.71 bits per heavy atom. The van der Waals surface area contributed by atoms with Crippen LogP contribution in [0, 0.1) is 0 Å². The van der Waals surface area contributed by atoms with E-state index in [1.807, 2.05) is 0 Å². The lowest BCUT2D eigenvalue weighted by Gasteiger charge is -2.70. The van der Waals surface area contributed by atoms with Crippen molar-refractivity contribution in [3.05, 3.63) is 0 Å². The van der Waals surface area contributed by atoms with Crippen LogP contribution in [0.3, 0.4) is 0 Å². The molecular formula is C11H20B2O4. The Morgan fingerprint density at radius 1 is 0.941 bits per heavy atom. The maximum Gasteiger partial charge on any atom is 0.464 e. The van der Waals surface area contributed by atoms with Crippen LogP contribution in [-0.4, -0.2) is 35.5 Å². The molecule has 3 aliphatic carbocycles. The highest BCUT2D eigenvalue weighted by molar-refractivity contribution is 6.56. The lowest BCUT2D eigenvalue weighted by Crippen LogP contribution is -2.65. The molecule has 0 amide bonds. The normalized spacial score (nSPS) is 45.2. The molecule has 2 bridgehead atoms. The second kappa shape index (κ2) is 2.93. The molecule has 4 nitrogen and oxygen atoms in total. The first-order chi connectivity index (χ1) is 7.63. The standard InChI is InChI=1S/C11H20B2O4/c1-8(2)9(3,4)17-13(16-8)11-5-10(6-11,7-11)12(14)15/h14-15H,5-7H2,1-4H3. The average molecular weight is 238 g/mol. The van der Waals surface area contributed by atoms with Crippen LogP contribution < -0.4 is 0 Å². The van der Waals surface area contributed by atoms with Crippen LogP contribution in [0.15, 0.2) is 0 Å². The summed E-state index contributed by atoms with van der Waals surface area (Å²) in [6.45, 7) is 8.20. The lowest BCUT2D eigenvalue weighted by molar-refractivity contribution is -0.00576. The minimum atomic E-state index is -1.19. The van der Waals surface area contributed by atoms with Gasteiger partial charge < -0.3 is 19.4 Å². The van der Waals surface area contributed by atoms with Gasteiger partial charge in [0.1, 0.15) is 0 Å². The Hall–Kier alpha value is -0.0301. The fraction of sp³-hybridized carbons (Fsp3) is 1.00. The van der Waals surface area contributed by atoms with Crippen LogP contribution in [0.4, 0.5) is 0 Å². The number of hydrogen-bond donors (Lipinski definition) is 2. The van der Waals surface area contributed by atoms with Crippen molar-refractivity contribution in [2.24, 2.45) is 0 Å². The Balaban J connectivity index is 1.71. The smallest absolute Gasteiger partial charge is 0.427 e. The van der Waals surface area contributed by atoms with E-state index in [0.29, 0.717) is 0 Å². The molecule has 0 aromatic rings. The molecule has 0 aromatic heterocycles. The van der Waals surface area contributed by atoms with Crippen molar-refractivity contribution in [1.82, 2.24) is 0 Å². The first-order valence-electron chi connectivity index (χ1n) is 6.34. The molecule has 6 heteroatoms. The van der Waals surface area contributed by atoms with Crippen LogP contribution in [0.5, 0.6) is 0 Å². The van der Waals surface area contributed by atoms with E-state index < -0.39 is 7.12 Å². The number of rotatable bonds is 2. The summed E-state index contributed by atoms with van der Waals surface area (Å²) >= 11 is 0. The SMILES string of the molecule is CC1(C)OB(C23CC(B(O)O)(C2)C3)OC1(C)C. The van der Waals surface area contributed by atoms with Crippen molar-refractivity contribution in [2.45, 2.75) is 68.8 Å². The molecule has 1 aliphatic heterocycles. The van der Waals surface area contributed by atoms with Crippen molar-refractivity contribution in [2.75, 3.05) is 0 Å². The van der Waals surface area contributed by atoms with Crippen molar-refractivity contribution in [3.63, 3.8) is 0 Å². The third-order valence-electron chi connectivity index (χ3n) is 5.41. The minimum absolute atomic E-state index is 0.0365. The van der Waals surface area contributed by atoms with Crippen LogP contribution in [-0.2, 0) is 9.31 Å². The molecule has 4 rings (SSSR count). The van der Waals surface area contributed by atoms with Gasteiger partial charge in [-0.05, 0) is 47.0 Å². The van der Waals surface area contributed by atoms with Gasteiger partial charge in [-0.2, -0.15) is 0 Å². The summed E-state index contributed by atoms with van der Waals surface area (Å²) < 4.78 is 12.1. The molecule has 1 heterocycles. The molecule has 94 valence electrons. The predicted molar refractivity (Wildman–Crippen MR) is 65.5 cm³/mol. The highest BCUT2D eigenvalue weighted by Crippen LogP contribution is 2.85. The monoisotopic (exact) mass is 238 g/mol. The van der Waals surface area contributed by atoms with Gasteiger partial charge in [-0.15, -0.1) is 0 Å². The van der Waals surface area contributed by atoms with Gasteiger partial charge in [0, 0.05) is 10.6 Å². The molecule has 0 spiro atoms. The molecule has 0 radical (unpaired) electrons. The molecule has 0 unspecified atom stereocenters. The Kier molecular flexibility index (Phi) is 2.07. The number of hydrogen-bond acceptors (Lipinski definition) is 4. The molecule has 17 heavy (non-hydrogen) atoms. The summed E-state index contributed by atoms with van der Waals surface area (Å²) in [5.74, 6) is 0. The highest BCUT2D eigenvalue weighted by Gasteiger charge is 2.79. The maximum absolute atomic E-state index is 9.31.